The molecule has 1 heterocycles. The van der Waals surface area contributed by atoms with Crippen LogP contribution in [-0.2, 0) is 9.53 Å². The molecule has 0 aromatic rings. The zero-order chi connectivity index (χ0) is 13.7. The van der Waals surface area contributed by atoms with E-state index in [0.29, 0.717) is 6.54 Å². The molecule has 1 aliphatic carbocycles. The normalized spacial score (nSPS) is 26.6. The van der Waals surface area contributed by atoms with Crippen molar-refractivity contribution in [2.24, 2.45) is 5.92 Å². The molecule has 2 unspecified atom stereocenters. The van der Waals surface area contributed by atoms with E-state index in [1.165, 1.54) is 12.8 Å². The van der Waals surface area contributed by atoms with Gasteiger partial charge in [0.05, 0.1) is 6.10 Å². The summed E-state index contributed by atoms with van der Waals surface area (Å²) >= 11 is 0. The predicted octanol–water partition coefficient (Wildman–Crippen LogP) is 1.96. The Hall–Kier alpha value is -0.610. The van der Waals surface area contributed by atoms with Gasteiger partial charge in [-0.05, 0) is 38.0 Å². The molecular weight excluding hydrogens is 242 g/mol. The first-order chi connectivity index (χ1) is 9.24. The van der Waals surface area contributed by atoms with Crippen molar-refractivity contribution in [2.45, 2.75) is 64.1 Å². The van der Waals surface area contributed by atoms with E-state index in [-0.39, 0.29) is 30.6 Å². The molecule has 1 aliphatic heterocycles. The van der Waals surface area contributed by atoms with E-state index in [4.69, 9.17) is 4.74 Å². The summed E-state index contributed by atoms with van der Waals surface area (Å²) in [6.07, 6.45) is 7.43. The van der Waals surface area contributed by atoms with Crippen molar-refractivity contribution >= 4 is 5.91 Å². The van der Waals surface area contributed by atoms with Gasteiger partial charge in [0.15, 0.2) is 0 Å². The van der Waals surface area contributed by atoms with Crippen LogP contribution in [0.15, 0.2) is 0 Å². The summed E-state index contributed by atoms with van der Waals surface area (Å²) in [6.45, 7) is 3.72. The minimum Gasteiger partial charge on any atom is -0.396 e. The van der Waals surface area contributed by atoms with Crippen LogP contribution in [0.2, 0.25) is 0 Å². The summed E-state index contributed by atoms with van der Waals surface area (Å²) in [6, 6.07) is 0. The van der Waals surface area contributed by atoms with Crippen LogP contribution in [0.4, 0.5) is 0 Å². The Labute approximate surface area is 116 Å². The molecule has 4 heteroatoms. The SMILES string of the molecule is CCC(OC1CCCC1)C(=O)N1CCCC(CO)C1. The molecule has 1 amide bonds. The lowest BCUT2D eigenvalue weighted by Crippen LogP contribution is -2.47. The van der Waals surface area contributed by atoms with Gasteiger partial charge >= 0.3 is 0 Å². The average molecular weight is 269 g/mol. The fourth-order valence-corrected chi connectivity index (χ4v) is 3.20. The first kappa shape index (κ1) is 14.8. The molecule has 1 N–H and O–H groups in total. The molecule has 19 heavy (non-hydrogen) atoms. The maximum absolute atomic E-state index is 12.5. The van der Waals surface area contributed by atoms with Crippen molar-refractivity contribution in [1.29, 1.82) is 0 Å². The maximum Gasteiger partial charge on any atom is 0.251 e. The molecule has 0 spiro atoms. The number of aliphatic hydroxyl groups is 1. The zero-order valence-corrected chi connectivity index (χ0v) is 12.0. The molecule has 110 valence electrons. The first-order valence-electron chi connectivity index (χ1n) is 7.79. The largest absolute Gasteiger partial charge is 0.396 e. The molecule has 1 saturated carbocycles. The molecule has 2 fully saturated rings. The molecule has 1 saturated heterocycles. The lowest BCUT2D eigenvalue weighted by Gasteiger charge is -2.34. The molecule has 0 radical (unpaired) electrons. The van der Waals surface area contributed by atoms with Crippen LogP contribution in [0.5, 0.6) is 0 Å². The number of likely N-dealkylation sites (tertiary alicyclic amines) is 1. The number of carbonyl (C=O) groups excluding carboxylic acids is 1. The van der Waals surface area contributed by atoms with Crippen LogP contribution in [0.3, 0.4) is 0 Å². The summed E-state index contributed by atoms with van der Waals surface area (Å²) in [5.74, 6) is 0.384. The highest BCUT2D eigenvalue weighted by Crippen LogP contribution is 2.24. The Morgan fingerprint density at radius 1 is 1.32 bits per heavy atom. The standard InChI is InChI=1S/C15H27NO3/c1-2-14(19-13-7-3-4-8-13)15(18)16-9-5-6-12(10-16)11-17/h12-14,17H,2-11H2,1H3. The van der Waals surface area contributed by atoms with Crippen LogP contribution in [0.1, 0.15) is 51.9 Å². The second kappa shape index (κ2) is 7.25. The number of ether oxygens (including phenoxy) is 1. The second-order valence-corrected chi connectivity index (χ2v) is 5.91. The Kier molecular flexibility index (Phi) is 5.64. The topological polar surface area (TPSA) is 49.8 Å². The fraction of sp³-hybridized carbons (Fsp3) is 0.933. The van der Waals surface area contributed by atoms with Gasteiger partial charge in [0.1, 0.15) is 6.10 Å². The van der Waals surface area contributed by atoms with Gasteiger partial charge < -0.3 is 14.7 Å². The Bertz CT molecular complexity index is 289. The number of hydrogen-bond acceptors (Lipinski definition) is 3. The number of hydrogen-bond donors (Lipinski definition) is 1. The Morgan fingerprint density at radius 3 is 2.68 bits per heavy atom. The van der Waals surface area contributed by atoms with Gasteiger partial charge in [0.2, 0.25) is 0 Å². The van der Waals surface area contributed by atoms with Crippen LogP contribution in [0, 0.1) is 5.92 Å². The second-order valence-electron chi connectivity index (χ2n) is 5.91. The summed E-state index contributed by atoms with van der Waals surface area (Å²) < 4.78 is 5.99. The van der Waals surface area contributed by atoms with Crippen molar-refractivity contribution in [3.05, 3.63) is 0 Å². The van der Waals surface area contributed by atoms with E-state index in [0.717, 1.165) is 38.6 Å². The number of amides is 1. The number of piperidine rings is 1. The maximum atomic E-state index is 12.5. The molecule has 0 bridgehead atoms. The molecule has 0 aromatic heterocycles. The molecule has 2 atom stereocenters. The third kappa shape index (κ3) is 3.93. The average Bonchev–Trinajstić information content (AvgIpc) is 2.97. The minimum atomic E-state index is -0.277. The van der Waals surface area contributed by atoms with Crippen molar-refractivity contribution < 1.29 is 14.6 Å². The van der Waals surface area contributed by atoms with E-state index >= 15 is 0 Å². The Morgan fingerprint density at radius 2 is 2.05 bits per heavy atom. The monoisotopic (exact) mass is 269 g/mol. The van der Waals surface area contributed by atoms with Crippen molar-refractivity contribution in [2.75, 3.05) is 19.7 Å². The molecule has 2 aliphatic rings. The quantitative estimate of drug-likeness (QED) is 0.830. The smallest absolute Gasteiger partial charge is 0.251 e. The molecule has 4 nitrogen and oxygen atoms in total. The fourth-order valence-electron chi connectivity index (χ4n) is 3.20. The lowest BCUT2D eigenvalue weighted by molar-refractivity contribution is -0.149. The summed E-state index contributed by atoms with van der Waals surface area (Å²) in [4.78, 5) is 14.4. The van der Waals surface area contributed by atoms with Crippen LogP contribution < -0.4 is 0 Å². The zero-order valence-electron chi connectivity index (χ0n) is 12.0. The van der Waals surface area contributed by atoms with Crippen LogP contribution >= 0.6 is 0 Å². The third-order valence-electron chi connectivity index (χ3n) is 4.39. The summed E-state index contributed by atoms with van der Waals surface area (Å²) in [5.41, 5.74) is 0. The van der Waals surface area contributed by atoms with Gasteiger partial charge in [0.25, 0.3) is 5.91 Å². The van der Waals surface area contributed by atoms with Crippen molar-refractivity contribution in [3.8, 4) is 0 Å². The number of nitrogens with zero attached hydrogens (tertiary/aromatic N) is 1. The van der Waals surface area contributed by atoms with E-state index in [9.17, 15) is 9.90 Å². The molecule has 0 aromatic carbocycles. The lowest BCUT2D eigenvalue weighted by atomic mass is 9.98. The third-order valence-corrected chi connectivity index (χ3v) is 4.39. The number of aliphatic hydroxyl groups excluding tert-OH is 1. The number of rotatable bonds is 5. The van der Waals surface area contributed by atoms with Gasteiger partial charge in [-0.3, -0.25) is 4.79 Å². The highest BCUT2D eigenvalue weighted by molar-refractivity contribution is 5.81. The summed E-state index contributed by atoms with van der Waals surface area (Å²) in [5, 5.41) is 9.25. The van der Waals surface area contributed by atoms with E-state index < -0.39 is 0 Å². The van der Waals surface area contributed by atoms with Gasteiger partial charge in [0, 0.05) is 19.7 Å². The highest BCUT2D eigenvalue weighted by atomic mass is 16.5. The van der Waals surface area contributed by atoms with Crippen LogP contribution in [-0.4, -0.2) is 47.8 Å². The molecule has 2 rings (SSSR count). The summed E-state index contributed by atoms with van der Waals surface area (Å²) in [7, 11) is 0. The highest BCUT2D eigenvalue weighted by Gasteiger charge is 2.30. The van der Waals surface area contributed by atoms with Gasteiger partial charge in [-0.1, -0.05) is 19.8 Å². The predicted molar refractivity (Wildman–Crippen MR) is 73.8 cm³/mol. The van der Waals surface area contributed by atoms with Gasteiger partial charge in [-0.15, -0.1) is 0 Å². The van der Waals surface area contributed by atoms with Crippen LogP contribution in [0.25, 0.3) is 0 Å². The van der Waals surface area contributed by atoms with E-state index in [1.807, 2.05) is 11.8 Å². The number of carbonyl (C=O) groups is 1. The molecular formula is C15H27NO3. The van der Waals surface area contributed by atoms with Gasteiger partial charge in [-0.2, -0.15) is 0 Å². The van der Waals surface area contributed by atoms with Crippen molar-refractivity contribution in [3.63, 3.8) is 0 Å². The minimum absolute atomic E-state index is 0.132. The van der Waals surface area contributed by atoms with Gasteiger partial charge in [-0.25, -0.2) is 0 Å². The Balaban J connectivity index is 1.87. The van der Waals surface area contributed by atoms with E-state index in [2.05, 4.69) is 0 Å². The van der Waals surface area contributed by atoms with Crippen molar-refractivity contribution in [1.82, 2.24) is 4.90 Å². The van der Waals surface area contributed by atoms with E-state index in [1.54, 1.807) is 0 Å². The first-order valence-corrected chi connectivity index (χ1v) is 7.79.